The molecule has 108 valence electrons. The third-order valence-electron chi connectivity index (χ3n) is 3.45. The number of hydrogen-bond acceptors (Lipinski definition) is 4. The van der Waals surface area contributed by atoms with Gasteiger partial charge in [-0.2, -0.15) is 0 Å². The summed E-state index contributed by atoms with van der Waals surface area (Å²) in [6, 6.07) is 9.47. The summed E-state index contributed by atoms with van der Waals surface area (Å²) in [5.41, 5.74) is 0.975. The van der Waals surface area contributed by atoms with Crippen molar-refractivity contribution < 1.29 is 19.4 Å². The number of rotatable bonds is 6. The molecule has 1 saturated heterocycles. The molecular weight excluding hydrogens is 258 g/mol. The molecule has 1 fully saturated rings. The first-order chi connectivity index (χ1) is 9.66. The van der Waals surface area contributed by atoms with E-state index in [2.05, 4.69) is 5.32 Å². The molecule has 1 aliphatic rings. The van der Waals surface area contributed by atoms with Crippen LogP contribution in [0.15, 0.2) is 30.3 Å². The molecule has 2 rings (SSSR count). The monoisotopic (exact) mass is 276 g/mol. The smallest absolute Gasteiger partial charge is 0.221 e. The van der Waals surface area contributed by atoms with Crippen LogP contribution in [0.5, 0.6) is 0 Å². The number of amides is 1. The van der Waals surface area contributed by atoms with Gasteiger partial charge in [-0.25, -0.2) is 0 Å². The van der Waals surface area contributed by atoms with Gasteiger partial charge in [0.15, 0.2) is 0 Å². The molecule has 0 spiro atoms. The predicted molar refractivity (Wildman–Crippen MR) is 70.4 cm³/mol. The minimum absolute atomic E-state index is 0.0974. The predicted octanol–water partition coefficient (Wildman–Crippen LogP) is 0.238. The average molecular weight is 276 g/mol. The number of carbonyl (C=O) groups is 2. The number of hydrogen-bond donors (Lipinski definition) is 1. The summed E-state index contributed by atoms with van der Waals surface area (Å²) in [7, 11) is 0. The molecule has 0 saturated carbocycles. The van der Waals surface area contributed by atoms with E-state index in [4.69, 9.17) is 4.74 Å². The van der Waals surface area contributed by atoms with Gasteiger partial charge < -0.3 is 20.0 Å². The molecule has 20 heavy (non-hydrogen) atoms. The first kappa shape index (κ1) is 14.5. The van der Waals surface area contributed by atoms with Crippen LogP contribution in [0.25, 0.3) is 0 Å². The van der Waals surface area contributed by atoms with Crippen LogP contribution in [-0.2, 0) is 20.9 Å². The summed E-state index contributed by atoms with van der Waals surface area (Å²) < 4.78 is 5.34. The number of benzene rings is 1. The summed E-state index contributed by atoms with van der Waals surface area (Å²) in [6.07, 6.45) is 1.01. The van der Waals surface area contributed by atoms with Gasteiger partial charge in [-0.3, -0.25) is 4.79 Å². The van der Waals surface area contributed by atoms with Crippen molar-refractivity contribution in [2.45, 2.75) is 31.9 Å². The van der Waals surface area contributed by atoms with E-state index in [1.165, 1.54) is 0 Å². The van der Waals surface area contributed by atoms with Crippen molar-refractivity contribution in [3.05, 3.63) is 35.9 Å². The van der Waals surface area contributed by atoms with Crippen LogP contribution in [0.1, 0.15) is 24.8 Å². The van der Waals surface area contributed by atoms with Crippen molar-refractivity contribution in [1.29, 1.82) is 0 Å². The second kappa shape index (κ2) is 7.05. The molecule has 1 aliphatic heterocycles. The zero-order valence-corrected chi connectivity index (χ0v) is 11.2. The maximum absolute atomic E-state index is 11.8. The summed E-state index contributed by atoms with van der Waals surface area (Å²) >= 11 is 0. The normalized spacial score (nSPS) is 19.5. The summed E-state index contributed by atoms with van der Waals surface area (Å²) in [6.45, 7) is 0.949. The lowest BCUT2D eigenvalue weighted by Gasteiger charge is -2.23. The van der Waals surface area contributed by atoms with Gasteiger partial charge in [0.1, 0.15) is 0 Å². The summed E-state index contributed by atoms with van der Waals surface area (Å²) in [5, 5.41) is 13.8. The molecular formula is C15H18NO4-. The van der Waals surface area contributed by atoms with Gasteiger partial charge in [0.2, 0.25) is 5.91 Å². The average Bonchev–Trinajstić information content (AvgIpc) is 2.97. The number of nitrogens with one attached hydrogen (secondary N) is 1. The van der Waals surface area contributed by atoms with Gasteiger partial charge in [-0.05, 0) is 18.4 Å². The zero-order chi connectivity index (χ0) is 14.4. The van der Waals surface area contributed by atoms with Crippen LogP contribution in [0, 0.1) is 5.92 Å². The Morgan fingerprint density at radius 1 is 1.35 bits per heavy atom. The van der Waals surface area contributed by atoms with Crippen LogP contribution in [-0.4, -0.2) is 24.6 Å². The largest absolute Gasteiger partial charge is 0.550 e. The van der Waals surface area contributed by atoms with Gasteiger partial charge >= 0.3 is 0 Å². The molecule has 5 nitrogen and oxygen atoms in total. The van der Waals surface area contributed by atoms with Crippen LogP contribution < -0.4 is 10.4 Å². The molecule has 0 radical (unpaired) electrons. The Bertz CT molecular complexity index is 454. The Labute approximate surface area is 117 Å². The Morgan fingerprint density at radius 3 is 2.70 bits per heavy atom. The van der Waals surface area contributed by atoms with E-state index < -0.39 is 18.0 Å². The van der Waals surface area contributed by atoms with Gasteiger partial charge in [0.25, 0.3) is 0 Å². The molecule has 1 aromatic rings. The highest BCUT2D eigenvalue weighted by Crippen LogP contribution is 2.22. The van der Waals surface area contributed by atoms with Crippen molar-refractivity contribution in [2.75, 3.05) is 6.61 Å². The Kier molecular flexibility index (Phi) is 5.12. The van der Waals surface area contributed by atoms with E-state index in [-0.39, 0.29) is 12.3 Å². The van der Waals surface area contributed by atoms with E-state index in [1.54, 1.807) is 0 Å². The van der Waals surface area contributed by atoms with Gasteiger partial charge in [0, 0.05) is 31.5 Å². The highest BCUT2D eigenvalue weighted by atomic mass is 16.5. The third kappa shape index (κ3) is 4.06. The molecule has 2 atom stereocenters. The van der Waals surface area contributed by atoms with E-state index in [0.717, 1.165) is 12.0 Å². The van der Waals surface area contributed by atoms with Crippen LogP contribution in [0.2, 0.25) is 0 Å². The first-order valence-electron chi connectivity index (χ1n) is 6.80. The standard InChI is InChI=1S/C15H19NO4/c17-14(16-10-11-5-2-1-3-6-11)9-12(15(18)19)13-7-4-8-20-13/h1-3,5-6,12-13H,4,7-10H2,(H,16,17)(H,18,19)/p-1/t12-,13+/m0/s1. The molecule has 0 aliphatic carbocycles. The SMILES string of the molecule is O=C(C[C@H](C(=O)[O-])[C@H]1CCCO1)NCc1ccccc1. The second-order valence-corrected chi connectivity index (χ2v) is 4.94. The number of ether oxygens (including phenoxy) is 1. The minimum Gasteiger partial charge on any atom is -0.550 e. The minimum atomic E-state index is -1.22. The topological polar surface area (TPSA) is 78.5 Å². The molecule has 0 unspecified atom stereocenters. The molecule has 1 heterocycles. The fourth-order valence-corrected chi connectivity index (χ4v) is 2.35. The lowest BCUT2D eigenvalue weighted by Crippen LogP contribution is -2.41. The number of carboxylic acid groups (broad SMARTS) is 1. The second-order valence-electron chi connectivity index (χ2n) is 4.94. The van der Waals surface area contributed by atoms with Crippen molar-refractivity contribution in [3.63, 3.8) is 0 Å². The summed E-state index contributed by atoms with van der Waals surface area (Å²) in [4.78, 5) is 23.0. The highest BCUT2D eigenvalue weighted by Gasteiger charge is 2.28. The van der Waals surface area contributed by atoms with Crippen molar-refractivity contribution in [2.24, 2.45) is 5.92 Å². The Morgan fingerprint density at radius 2 is 2.10 bits per heavy atom. The number of carbonyl (C=O) groups excluding carboxylic acids is 2. The highest BCUT2D eigenvalue weighted by molar-refractivity contribution is 5.81. The molecule has 1 amide bonds. The Balaban J connectivity index is 1.84. The van der Waals surface area contributed by atoms with Gasteiger partial charge in [0.05, 0.1) is 6.10 Å². The number of aliphatic carboxylic acids is 1. The van der Waals surface area contributed by atoms with Crippen molar-refractivity contribution in [1.82, 2.24) is 5.32 Å². The Hall–Kier alpha value is -1.88. The van der Waals surface area contributed by atoms with Gasteiger partial charge in [-0.15, -0.1) is 0 Å². The molecule has 1 aromatic carbocycles. The van der Waals surface area contributed by atoms with E-state index in [1.807, 2.05) is 30.3 Å². The third-order valence-corrected chi connectivity index (χ3v) is 3.45. The van der Waals surface area contributed by atoms with Crippen LogP contribution >= 0.6 is 0 Å². The molecule has 0 aromatic heterocycles. The van der Waals surface area contributed by atoms with E-state index in [9.17, 15) is 14.7 Å². The van der Waals surface area contributed by atoms with Crippen molar-refractivity contribution in [3.8, 4) is 0 Å². The fraction of sp³-hybridized carbons (Fsp3) is 0.467. The lowest BCUT2D eigenvalue weighted by molar-refractivity contribution is -0.314. The lowest BCUT2D eigenvalue weighted by atomic mass is 9.96. The van der Waals surface area contributed by atoms with Crippen LogP contribution in [0.3, 0.4) is 0 Å². The first-order valence-corrected chi connectivity index (χ1v) is 6.80. The van der Waals surface area contributed by atoms with E-state index in [0.29, 0.717) is 19.6 Å². The zero-order valence-electron chi connectivity index (χ0n) is 11.2. The molecule has 0 bridgehead atoms. The molecule has 5 heteroatoms. The van der Waals surface area contributed by atoms with Crippen molar-refractivity contribution >= 4 is 11.9 Å². The summed E-state index contributed by atoms with van der Waals surface area (Å²) in [5.74, 6) is -2.38. The molecule has 1 N–H and O–H groups in total. The quantitative estimate of drug-likeness (QED) is 0.807. The van der Waals surface area contributed by atoms with E-state index >= 15 is 0 Å². The maximum Gasteiger partial charge on any atom is 0.221 e. The van der Waals surface area contributed by atoms with Crippen LogP contribution in [0.4, 0.5) is 0 Å². The fourth-order valence-electron chi connectivity index (χ4n) is 2.35. The number of carboxylic acids is 1. The maximum atomic E-state index is 11.8. The van der Waals surface area contributed by atoms with Gasteiger partial charge in [-0.1, -0.05) is 30.3 Å².